The van der Waals surface area contributed by atoms with E-state index in [9.17, 15) is 4.79 Å². The molecule has 0 saturated carbocycles. The highest BCUT2D eigenvalue weighted by molar-refractivity contribution is 9.10. The molecule has 1 atom stereocenters. The first-order valence-corrected chi connectivity index (χ1v) is 8.17. The molecule has 2 heterocycles. The van der Waals surface area contributed by atoms with E-state index in [1.807, 2.05) is 36.0 Å². The summed E-state index contributed by atoms with van der Waals surface area (Å²) in [5.74, 6) is 0.895. The van der Waals surface area contributed by atoms with Gasteiger partial charge in [0, 0.05) is 10.6 Å². The predicted octanol–water partition coefficient (Wildman–Crippen LogP) is 3.81. The Bertz CT molecular complexity index is 647. The van der Waals surface area contributed by atoms with Crippen LogP contribution in [0.15, 0.2) is 52.0 Å². The van der Waals surface area contributed by atoms with Gasteiger partial charge in [0.15, 0.2) is 0 Å². The number of fused-ring (bicyclic) bond motifs is 1. The van der Waals surface area contributed by atoms with Crippen molar-refractivity contribution in [3.63, 3.8) is 0 Å². The molecule has 0 bridgehead atoms. The number of carbonyl (C=O) groups excluding carboxylic acids is 1. The highest BCUT2D eigenvalue weighted by Crippen LogP contribution is 2.35. The van der Waals surface area contributed by atoms with Crippen LogP contribution in [0.2, 0.25) is 0 Å². The zero-order valence-corrected chi connectivity index (χ0v) is 13.1. The molecule has 2 aromatic rings. The largest absolute Gasteiger partial charge is 0.344 e. The molecule has 0 aliphatic carbocycles. The second kappa shape index (κ2) is 5.97. The van der Waals surface area contributed by atoms with E-state index in [1.165, 1.54) is 10.5 Å². The van der Waals surface area contributed by atoms with E-state index in [1.54, 1.807) is 6.07 Å². The maximum Gasteiger partial charge on any atom is 0.270 e. The molecule has 1 N–H and O–H groups in total. The second-order valence-electron chi connectivity index (χ2n) is 4.55. The first-order chi connectivity index (χ1) is 9.74. The lowest BCUT2D eigenvalue weighted by Gasteiger charge is -2.25. The molecule has 1 aromatic carbocycles. The Morgan fingerprint density at radius 1 is 1.25 bits per heavy atom. The minimum Gasteiger partial charge on any atom is -0.344 e. The molecule has 102 valence electrons. The van der Waals surface area contributed by atoms with Gasteiger partial charge in [-0.05, 0) is 46.1 Å². The predicted molar refractivity (Wildman–Crippen MR) is 83.9 cm³/mol. The third kappa shape index (κ3) is 2.88. The van der Waals surface area contributed by atoms with Gasteiger partial charge in [0.05, 0.1) is 6.04 Å². The van der Waals surface area contributed by atoms with Gasteiger partial charge in [0.25, 0.3) is 5.91 Å². The number of benzene rings is 1. The van der Waals surface area contributed by atoms with Crippen molar-refractivity contribution in [2.75, 3.05) is 5.75 Å². The molecule has 1 aliphatic rings. The number of hydrogen-bond acceptors (Lipinski definition) is 3. The van der Waals surface area contributed by atoms with Gasteiger partial charge < -0.3 is 5.32 Å². The molecule has 0 fully saturated rings. The molecule has 1 aromatic heterocycles. The fraction of sp³-hybridized carbons (Fsp3) is 0.200. The van der Waals surface area contributed by atoms with Crippen LogP contribution in [0.25, 0.3) is 0 Å². The quantitative estimate of drug-likeness (QED) is 0.839. The van der Waals surface area contributed by atoms with Gasteiger partial charge in [-0.2, -0.15) is 0 Å². The number of rotatable bonds is 2. The van der Waals surface area contributed by atoms with Gasteiger partial charge in [-0.25, -0.2) is 4.98 Å². The van der Waals surface area contributed by atoms with Crippen molar-refractivity contribution < 1.29 is 4.79 Å². The lowest BCUT2D eigenvalue weighted by atomic mass is 10.0. The van der Waals surface area contributed by atoms with Gasteiger partial charge in [0.1, 0.15) is 10.3 Å². The summed E-state index contributed by atoms with van der Waals surface area (Å²) in [6.45, 7) is 0. The SMILES string of the molecule is O=C(NC1CCSc2ccccc21)c1cccc(Br)n1. The smallest absolute Gasteiger partial charge is 0.270 e. The Morgan fingerprint density at radius 3 is 2.95 bits per heavy atom. The summed E-state index contributed by atoms with van der Waals surface area (Å²) >= 11 is 5.13. The molecule has 3 rings (SSSR count). The first kappa shape index (κ1) is 13.6. The van der Waals surface area contributed by atoms with Gasteiger partial charge >= 0.3 is 0 Å². The third-order valence-corrected chi connectivity index (χ3v) is 4.78. The maximum absolute atomic E-state index is 12.3. The van der Waals surface area contributed by atoms with Gasteiger partial charge in [-0.15, -0.1) is 11.8 Å². The molecular formula is C15H13BrN2OS. The first-order valence-electron chi connectivity index (χ1n) is 6.39. The topological polar surface area (TPSA) is 42.0 Å². The minimum absolute atomic E-state index is 0.0701. The molecular weight excluding hydrogens is 336 g/mol. The zero-order chi connectivity index (χ0) is 13.9. The summed E-state index contributed by atoms with van der Waals surface area (Å²) in [6.07, 6.45) is 0.946. The van der Waals surface area contributed by atoms with Crippen molar-refractivity contribution in [1.82, 2.24) is 10.3 Å². The Kier molecular flexibility index (Phi) is 4.08. The van der Waals surface area contributed by atoms with E-state index < -0.39 is 0 Å². The van der Waals surface area contributed by atoms with Crippen molar-refractivity contribution >= 4 is 33.6 Å². The van der Waals surface area contributed by atoms with Crippen molar-refractivity contribution in [3.05, 3.63) is 58.3 Å². The standard InChI is InChI=1S/C15H13BrN2OS/c16-14-7-3-5-12(17-14)15(19)18-11-8-9-20-13-6-2-1-4-10(11)13/h1-7,11H,8-9H2,(H,18,19). The number of carbonyl (C=O) groups is 1. The average Bonchev–Trinajstić information content (AvgIpc) is 2.47. The Hall–Kier alpha value is -1.33. The summed E-state index contributed by atoms with van der Waals surface area (Å²) in [6, 6.07) is 13.7. The maximum atomic E-state index is 12.3. The summed E-state index contributed by atoms with van der Waals surface area (Å²) < 4.78 is 0.671. The number of pyridine rings is 1. The van der Waals surface area contributed by atoms with Crippen LogP contribution < -0.4 is 5.32 Å². The number of thioether (sulfide) groups is 1. The molecule has 1 unspecified atom stereocenters. The van der Waals surface area contributed by atoms with Gasteiger partial charge in [-0.3, -0.25) is 4.79 Å². The highest BCUT2D eigenvalue weighted by atomic mass is 79.9. The van der Waals surface area contributed by atoms with E-state index in [4.69, 9.17) is 0 Å². The van der Waals surface area contributed by atoms with E-state index in [-0.39, 0.29) is 11.9 Å². The molecule has 5 heteroatoms. The highest BCUT2D eigenvalue weighted by Gasteiger charge is 2.22. The Morgan fingerprint density at radius 2 is 2.10 bits per heavy atom. The summed E-state index contributed by atoms with van der Waals surface area (Å²) in [5, 5.41) is 3.08. The zero-order valence-electron chi connectivity index (χ0n) is 10.7. The van der Waals surface area contributed by atoms with Crippen molar-refractivity contribution in [2.45, 2.75) is 17.4 Å². The normalized spacial score (nSPS) is 17.4. The van der Waals surface area contributed by atoms with E-state index in [2.05, 4.69) is 38.4 Å². The van der Waals surface area contributed by atoms with Crippen LogP contribution in [0.5, 0.6) is 0 Å². The Balaban J connectivity index is 1.81. The fourth-order valence-electron chi connectivity index (χ4n) is 2.26. The second-order valence-corrected chi connectivity index (χ2v) is 6.50. The van der Waals surface area contributed by atoms with Gasteiger partial charge in [0.2, 0.25) is 0 Å². The number of nitrogens with one attached hydrogen (secondary N) is 1. The van der Waals surface area contributed by atoms with Crippen molar-refractivity contribution in [1.29, 1.82) is 0 Å². The molecule has 0 radical (unpaired) electrons. The lowest BCUT2D eigenvalue weighted by molar-refractivity contribution is 0.0929. The van der Waals surface area contributed by atoms with Gasteiger partial charge in [-0.1, -0.05) is 24.3 Å². The summed E-state index contributed by atoms with van der Waals surface area (Å²) in [5.41, 5.74) is 1.64. The molecule has 1 amide bonds. The number of amides is 1. The summed E-state index contributed by atoms with van der Waals surface area (Å²) in [7, 11) is 0. The average molecular weight is 349 g/mol. The molecule has 3 nitrogen and oxygen atoms in total. The lowest BCUT2D eigenvalue weighted by Crippen LogP contribution is -2.31. The van der Waals surface area contributed by atoms with Crippen LogP contribution in [-0.2, 0) is 0 Å². The summed E-state index contributed by atoms with van der Waals surface area (Å²) in [4.78, 5) is 17.7. The van der Waals surface area contributed by atoms with Crippen LogP contribution in [0.4, 0.5) is 0 Å². The number of hydrogen-bond donors (Lipinski definition) is 1. The molecule has 0 saturated heterocycles. The van der Waals surface area contributed by atoms with E-state index >= 15 is 0 Å². The number of aromatic nitrogens is 1. The van der Waals surface area contributed by atoms with E-state index in [0.29, 0.717) is 10.3 Å². The molecule has 20 heavy (non-hydrogen) atoms. The third-order valence-electron chi connectivity index (χ3n) is 3.21. The van der Waals surface area contributed by atoms with Crippen molar-refractivity contribution in [3.8, 4) is 0 Å². The molecule has 1 aliphatic heterocycles. The minimum atomic E-state index is -0.127. The van der Waals surface area contributed by atoms with Crippen LogP contribution in [0, 0.1) is 0 Å². The number of halogens is 1. The number of nitrogens with zero attached hydrogens (tertiary/aromatic N) is 1. The van der Waals surface area contributed by atoms with Crippen LogP contribution in [-0.4, -0.2) is 16.6 Å². The van der Waals surface area contributed by atoms with Crippen LogP contribution in [0.1, 0.15) is 28.5 Å². The van der Waals surface area contributed by atoms with Crippen LogP contribution >= 0.6 is 27.7 Å². The fourth-order valence-corrected chi connectivity index (χ4v) is 3.73. The Labute approximate surface area is 130 Å². The van der Waals surface area contributed by atoms with Crippen LogP contribution in [0.3, 0.4) is 0 Å². The molecule has 0 spiro atoms. The van der Waals surface area contributed by atoms with Crippen molar-refractivity contribution in [2.24, 2.45) is 0 Å². The monoisotopic (exact) mass is 348 g/mol. The van der Waals surface area contributed by atoms with E-state index in [0.717, 1.165) is 12.2 Å².